The molecule has 1 N–H and O–H groups in total. The lowest BCUT2D eigenvalue weighted by Crippen LogP contribution is -2.28. The lowest BCUT2D eigenvalue weighted by molar-refractivity contribution is 0.0507. The van der Waals surface area contributed by atoms with Crippen LogP contribution in [0.15, 0.2) is 30.5 Å². The summed E-state index contributed by atoms with van der Waals surface area (Å²) in [6.45, 7) is 5.19. The molecule has 0 spiro atoms. The van der Waals surface area contributed by atoms with Crippen molar-refractivity contribution in [2.75, 3.05) is 0 Å². The van der Waals surface area contributed by atoms with Gasteiger partial charge in [-0.25, -0.2) is 14.2 Å². The Labute approximate surface area is 110 Å². The Bertz CT molecular complexity index is 649. The van der Waals surface area contributed by atoms with Gasteiger partial charge < -0.3 is 9.84 Å². The van der Waals surface area contributed by atoms with E-state index >= 15 is 0 Å². The van der Waals surface area contributed by atoms with Crippen LogP contribution < -0.4 is 0 Å². The fraction of sp³-hybridized carbons (Fsp3) is 0.286. The Morgan fingerprint density at radius 2 is 1.84 bits per heavy atom. The van der Waals surface area contributed by atoms with Gasteiger partial charge in [0.05, 0.1) is 0 Å². The van der Waals surface area contributed by atoms with E-state index in [4.69, 9.17) is 4.74 Å². The topological polar surface area (TPSA) is 68.5 Å². The number of fused-ring (bicyclic) bond motifs is 1. The molecule has 0 unspecified atom stereocenters. The van der Waals surface area contributed by atoms with Crippen LogP contribution in [0.4, 0.5) is 4.79 Å². The molecule has 0 saturated carbocycles. The molecule has 100 valence electrons. The number of carboxylic acids is 1. The molecule has 19 heavy (non-hydrogen) atoms. The average Bonchev–Trinajstić information content (AvgIpc) is 2.65. The normalized spacial score (nSPS) is 11.5. The first-order valence-electron chi connectivity index (χ1n) is 5.86. The molecule has 0 amide bonds. The summed E-state index contributed by atoms with van der Waals surface area (Å²) in [5, 5.41) is 10.5. The van der Waals surface area contributed by atoms with Gasteiger partial charge in [-0.2, -0.15) is 0 Å². The van der Waals surface area contributed by atoms with Gasteiger partial charge >= 0.3 is 12.1 Å². The van der Waals surface area contributed by atoms with Gasteiger partial charge in [-0.15, -0.1) is 0 Å². The van der Waals surface area contributed by atoms with Crippen LogP contribution in [0.2, 0.25) is 0 Å². The largest absolute Gasteiger partial charge is 0.477 e. The van der Waals surface area contributed by atoms with Crippen molar-refractivity contribution in [1.82, 2.24) is 4.57 Å². The quantitative estimate of drug-likeness (QED) is 0.856. The van der Waals surface area contributed by atoms with E-state index < -0.39 is 17.7 Å². The maximum Gasteiger partial charge on any atom is 0.419 e. The smallest absolute Gasteiger partial charge is 0.419 e. The fourth-order valence-corrected chi connectivity index (χ4v) is 1.83. The zero-order valence-electron chi connectivity index (χ0n) is 11.0. The van der Waals surface area contributed by atoms with E-state index in [0.717, 1.165) is 4.57 Å². The summed E-state index contributed by atoms with van der Waals surface area (Å²) in [5.41, 5.74) is -0.756. The van der Waals surface area contributed by atoms with Crippen molar-refractivity contribution in [2.45, 2.75) is 26.4 Å². The summed E-state index contributed by atoms with van der Waals surface area (Å²) >= 11 is 0. The Morgan fingerprint density at radius 1 is 1.21 bits per heavy atom. The van der Waals surface area contributed by atoms with Gasteiger partial charge in [-0.05, 0) is 20.8 Å². The number of ether oxygens (including phenoxy) is 1. The van der Waals surface area contributed by atoms with E-state index in [-0.39, 0.29) is 5.69 Å². The molecule has 0 atom stereocenters. The molecular formula is C14H15NO4. The van der Waals surface area contributed by atoms with E-state index in [1.807, 2.05) is 0 Å². The standard InChI is InChI=1S/C14H15NO4/c1-14(2,3)19-13(18)15-8-9-6-4-5-7-10(9)11(15)12(16)17/h4-8H,1-3H3,(H,16,17). The predicted octanol–water partition coefficient (Wildman–Crippen LogP) is 3.12. The van der Waals surface area contributed by atoms with Crippen molar-refractivity contribution in [3.8, 4) is 0 Å². The van der Waals surface area contributed by atoms with Crippen LogP contribution in [-0.2, 0) is 4.74 Å². The third-order valence-electron chi connectivity index (χ3n) is 2.52. The molecule has 1 heterocycles. The molecule has 5 heteroatoms. The monoisotopic (exact) mass is 261 g/mol. The maximum atomic E-state index is 12.0. The molecule has 0 aliphatic heterocycles. The summed E-state index contributed by atoms with van der Waals surface area (Å²) in [6.07, 6.45) is 0.786. The molecule has 2 aromatic rings. The van der Waals surface area contributed by atoms with Gasteiger partial charge in [-0.3, -0.25) is 0 Å². The summed E-state index contributed by atoms with van der Waals surface area (Å²) < 4.78 is 6.24. The number of hydrogen-bond acceptors (Lipinski definition) is 3. The number of rotatable bonds is 1. The third kappa shape index (κ3) is 2.59. The van der Waals surface area contributed by atoms with Crippen LogP contribution >= 0.6 is 0 Å². The zero-order valence-corrected chi connectivity index (χ0v) is 11.0. The van der Waals surface area contributed by atoms with Crippen molar-refractivity contribution in [2.24, 2.45) is 0 Å². The number of benzene rings is 1. The fourth-order valence-electron chi connectivity index (χ4n) is 1.83. The molecule has 2 rings (SSSR count). The molecule has 0 aliphatic carbocycles. The van der Waals surface area contributed by atoms with Crippen LogP contribution in [0, 0.1) is 0 Å². The summed E-state index contributed by atoms with van der Waals surface area (Å²) in [7, 11) is 0. The summed E-state index contributed by atoms with van der Waals surface area (Å²) in [4.78, 5) is 23.4. The first-order valence-corrected chi connectivity index (χ1v) is 5.86. The van der Waals surface area contributed by atoms with Crippen LogP contribution in [-0.4, -0.2) is 27.3 Å². The highest BCUT2D eigenvalue weighted by atomic mass is 16.6. The van der Waals surface area contributed by atoms with Crippen molar-refractivity contribution < 1.29 is 19.4 Å². The van der Waals surface area contributed by atoms with Crippen molar-refractivity contribution in [1.29, 1.82) is 0 Å². The number of carboxylic acid groups (broad SMARTS) is 1. The highest BCUT2D eigenvalue weighted by molar-refractivity contribution is 6.06. The van der Waals surface area contributed by atoms with Crippen LogP contribution in [0.25, 0.3) is 10.8 Å². The maximum absolute atomic E-state index is 12.0. The molecule has 0 aliphatic rings. The van der Waals surface area contributed by atoms with Gasteiger partial charge in [-0.1, -0.05) is 24.3 Å². The van der Waals surface area contributed by atoms with Gasteiger partial charge in [0.25, 0.3) is 0 Å². The van der Waals surface area contributed by atoms with Crippen molar-refractivity contribution in [3.63, 3.8) is 0 Å². The number of carbonyl (C=O) groups is 2. The molecule has 0 fully saturated rings. The Balaban J connectivity index is 2.57. The molecule has 1 aromatic heterocycles. The van der Waals surface area contributed by atoms with Crippen molar-refractivity contribution in [3.05, 3.63) is 36.2 Å². The van der Waals surface area contributed by atoms with Gasteiger partial charge in [0.2, 0.25) is 0 Å². The molecule has 5 nitrogen and oxygen atoms in total. The third-order valence-corrected chi connectivity index (χ3v) is 2.52. The molecule has 0 saturated heterocycles. The minimum atomic E-state index is -1.16. The second-order valence-electron chi connectivity index (χ2n) is 5.22. The first kappa shape index (κ1) is 13.1. The Morgan fingerprint density at radius 3 is 2.42 bits per heavy atom. The molecule has 0 radical (unpaired) electrons. The van der Waals surface area contributed by atoms with Crippen LogP contribution in [0.3, 0.4) is 0 Å². The highest BCUT2D eigenvalue weighted by Crippen LogP contribution is 2.22. The van der Waals surface area contributed by atoms with Gasteiger partial charge in [0.15, 0.2) is 0 Å². The van der Waals surface area contributed by atoms with E-state index in [2.05, 4.69) is 0 Å². The van der Waals surface area contributed by atoms with Crippen molar-refractivity contribution >= 4 is 22.8 Å². The Hall–Kier alpha value is -2.30. The van der Waals surface area contributed by atoms with E-state index in [9.17, 15) is 14.7 Å². The number of nitrogens with zero attached hydrogens (tertiary/aromatic N) is 1. The van der Waals surface area contributed by atoms with E-state index in [1.54, 1.807) is 45.0 Å². The Kier molecular flexibility index (Phi) is 3.06. The van der Waals surface area contributed by atoms with Crippen LogP contribution in [0.1, 0.15) is 31.3 Å². The van der Waals surface area contributed by atoms with E-state index in [1.165, 1.54) is 6.20 Å². The minimum absolute atomic E-state index is 0.0788. The second-order valence-corrected chi connectivity index (χ2v) is 5.22. The molecule has 1 aromatic carbocycles. The summed E-state index contributed by atoms with van der Waals surface area (Å²) in [5.74, 6) is -1.16. The minimum Gasteiger partial charge on any atom is -0.477 e. The summed E-state index contributed by atoms with van der Waals surface area (Å²) in [6, 6.07) is 6.93. The van der Waals surface area contributed by atoms with Crippen LogP contribution in [0.5, 0.6) is 0 Å². The van der Waals surface area contributed by atoms with E-state index in [0.29, 0.717) is 10.8 Å². The predicted molar refractivity (Wildman–Crippen MR) is 70.5 cm³/mol. The molecule has 0 bridgehead atoms. The number of aromatic carboxylic acids is 1. The first-order chi connectivity index (χ1) is 8.79. The SMILES string of the molecule is CC(C)(C)OC(=O)n1cc2ccccc2c1C(=O)O. The number of carbonyl (C=O) groups excluding carboxylic acids is 1. The van der Waals surface area contributed by atoms with Gasteiger partial charge in [0, 0.05) is 17.0 Å². The lowest BCUT2D eigenvalue weighted by Gasteiger charge is -2.19. The second kappa shape index (κ2) is 4.42. The number of aromatic nitrogens is 1. The van der Waals surface area contributed by atoms with Gasteiger partial charge in [0.1, 0.15) is 11.3 Å². The number of hydrogen-bond donors (Lipinski definition) is 1. The average molecular weight is 261 g/mol. The lowest BCUT2D eigenvalue weighted by atomic mass is 10.2. The zero-order chi connectivity index (χ0) is 14.2. The molecular weight excluding hydrogens is 246 g/mol. The highest BCUT2D eigenvalue weighted by Gasteiger charge is 2.24.